The van der Waals surface area contributed by atoms with Crippen LogP contribution in [0.25, 0.3) is 0 Å². The highest BCUT2D eigenvalue weighted by molar-refractivity contribution is 8.01. The summed E-state index contributed by atoms with van der Waals surface area (Å²) in [6, 6.07) is 5.27. The van der Waals surface area contributed by atoms with Crippen LogP contribution in [0.5, 0.6) is 5.75 Å². The van der Waals surface area contributed by atoms with E-state index in [1.54, 1.807) is 0 Å². The van der Waals surface area contributed by atoms with Crippen LogP contribution in [0, 0.1) is 0 Å². The summed E-state index contributed by atoms with van der Waals surface area (Å²) in [5, 5.41) is 14.1. The van der Waals surface area contributed by atoms with Crippen molar-refractivity contribution in [2.45, 2.75) is 37.0 Å². The van der Waals surface area contributed by atoms with Crippen molar-refractivity contribution in [2.75, 3.05) is 11.1 Å². The van der Waals surface area contributed by atoms with Crippen LogP contribution in [0.2, 0.25) is 0 Å². The summed E-state index contributed by atoms with van der Waals surface area (Å²) in [6.07, 6.45) is -4.72. The van der Waals surface area contributed by atoms with Crippen molar-refractivity contribution in [3.8, 4) is 5.75 Å². The summed E-state index contributed by atoms with van der Waals surface area (Å²) in [4.78, 5) is 11.8. The molecule has 0 spiro atoms. The van der Waals surface area contributed by atoms with Crippen molar-refractivity contribution >= 4 is 39.8 Å². The summed E-state index contributed by atoms with van der Waals surface area (Å²) in [5.41, 5.74) is 0.241. The Morgan fingerprint density at radius 1 is 1.19 bits per heavy atom. The number of benzene rings is 1. The third-order valence-corrected chi connectivity index (χ3v) is 4.56. The normalized spacial score (nSPS) is 11.9. The fraction of sp³-hybridized carbons (Fsp3) is 0.400. The number of nitrogens with zero attached hydrogens (tertiary/aromatic N) is 2. The van der Waals surface area contributed by atoms with Crippen LogP contribution in [-0.4, -0.2) is 33.8 Å². The molecule has 1 amide bonds. The number of hydrogen-bond donors (Lipinski definition) is 2. The Kier molecular flexibility index (Phi) is 6.34. The van der Waals surface area contributed by atoms with Gasteiger partial charge in [-0.15, -0.1) is 23.4 Å². The molecule has 0 aliphatic carbocycles. The lowest BCUT2D eigenvalue weighted by Gasteiger charge is -2.19. The molecule has 0 radical (unpaired) electrons. The number of anilines is 2. The Morgan fingerprint density at radius 2 is 1.85 bits per heavy atom. The minimum absolute atomic E-state index is 0.104. The predicted molar refractivity (Wildman–Crippen MR) is 94.9 cm³/mol. The Morgan fingerprint density at radius 3 is 2.42 bits per heavy atom. The first kappa shape index (κ1) is 20.3. The summed E-state index contributed by atoms with van der Waals surface area (Å²) < 4.78 is 40.8. The Balaban J connectivity index is 1.87. The molecule has 0 unspecified atom stereocenters. The maximum Gasteiger partial charge on any atom is 0.573 e. The molecule has 0 saturated carbocycles. The average Bonchev–Trinajstić information content (AvgIpc) is 2.91. The minimum Gasteiger partial charge on any atom is -0.406 e. The van der Waals surface area contributed by atoms with E-state index in [0.717, 1.165) is 0 Å². The number of hydrogen-bond acceptors (Lipinski definition) is 7. The first-order valence-corrected chi connectivity index (χ1v) is 9.20. The number of amides is 1. The maximum absolute atomic E-state index is 12.1. The summed E-state index contributed by atoms with van der Waals surface area (Å²) in [7, 11) is 0. The van der Waals surface area contributed by atoms with E-state index in [-0.39, 0.29) is 22.9 Å². The first-order chi connectivity index (χ1) is 12.0. The fourth-order valence-corrected chi connectivity index (χ4v) is 3.34. The Bertz CT molecular complexity index is 743. The second kappa shape index (κ2) is 8.12. The van der Waals surface area contributed by atoms with E-state index in [4.69, 9.17) is 0 Å². The van der Waals surface area contributed by atoms with Gasteiger partial charge in [0.05, 0.1) is 5.75 Å². The molecule has 1 aromatic carbocycles. The molecule has 142 valence electrons. The molecule has 1 heterocycles. The lowest BCUT2D eigenvalue weighted by atomic mass is 10.1. The minimum atomic E-state index is -4.72. The van der Waals surface area contributed by atoms with Gasteiger partial charge in [0.1, 0.15) is 5.75 Å². The number of ether oxygens (including phenoxy) is 1. The van der Waals surface area contributed by atoms with Crippen molar-refractivity contribution < 1.29 is 22.7 Å². The number of nitrogens with one attached hydrogen (secondary N) is 2. The van der Waals surface area contributed by atoms with Crippen molar-refractivity contribution in [1.82, 2.24) is 15.5 Å². The third-order valence-electron chi connectivity index (χ3n) is 2.59. The van der Waals surface area contributed by atoms with Crippen LogP contribution in [0.15, 0.2) is 28.6 Å². The van der Waals surface area contributed by atoms with Gasteiger partial charge in [-0.2, -0.15) is 0 Å². The highest BCUT2D eigenvalue weighted by atomic mass is 32.2. The Labute approximate surface area is 156 Å². The van der Waals surface area contributed by atoms with Gasteiger partial charge < -0.3 is 15.4 Å². The van der Waals surface area contributed by atoms with E-state index in [0.29, 0.717) is 15.2 Å². The zero-order valence-corrected chi connectivity index (χ0v) is 15.8. The van der Waals surface area contributed by atoms with Gasteiger partial charge in [-0.3, -0.25) is 4.79 Å². The topological polar surface area (TPSA) is 76.1 Å². The standard InChI is InChI=1S/C15H17F3N4O2S2/c1-14(2,3)20-11(23)8-25-13-22-21-12(26-13)19-9-4-6-10(7-5-9)24-15(16,17)18/h4-7H,8H2,1-3H3,(H,19,21)(H,20,23). The van der Waals surface area contributed by atoms with E-state index in [1.807, 2.05) is 20.8 Å². The molecular formula is C15H17F3N4O2S2. The van der Waals surface area contributed by atoms with Crippen LogP contribution >= 0.6 is 23.1 Å². The fourth-order valence-electron chi connectivity index (χ4n) is 1.76. The quantitative estimate of drug-likeness (QED) is 0.701. The van der Waals surface area contributed by atoms with E-state index in [1.165, 1.54) is 47.4 Å². The molecule has 0 aliphatic heterocycles. The summed E-state index contributed by atoms with van der Waals surface area (Å²) in [5.74, 6) is -0.191. The molecular weight excluding hydrogens is 389 g/mol. The molecule has 11 heteroatoms. The SMILES string of the molecule is CC(C)(C)NC(=O)CSc1nnc(Nc2ccc(OC(F)(F)F)cc2)s1. The molecule has 0 fully saturated rings. The summed E-state index contributed by atoms with van der Waals surface area (Å²) in [6.45, 7) is 5.69. The Hall–Kier alpha value is -2.01. The van der Waals surface area contributed by atoms with Gasteiger partial charge in [-0.25, -0.2) is 0 Å². The summed E-state index contributed by atoms with van der Waals surface area (Å²) >= 11 is 2.50. The number of rotatable bonds is 6. The molecule has 6 nitrogen and oxygen atoms in total. The number of carbonyl (C=O) groups excluding carboxylic acids is 1. The molecule has 2 N–H and O–H groups in total. The van der Waals surface area contributed by atoms with Crippen LogP contribution in [0.3, 0.4) is 0 Å². The van der Waals surface area contributed by atoms with Gasteiger partial charge >= 0.3 is 6.36 Å². The van der Waals surface area contributed by atoms with Crippen molar-refractivity contribution in [3.05, 3.63) is 24.3 Å². The van der Waals surface area contributed by atoms with Crippen LogP contribution < -0.4 is 15.4 Å². The molecule has 0 atom stereocenters. The van der Waals surface area contributed by atoms with Crippen LogP contribution in [-0.2, 0) is 4.79 Å². The molecule has 26 heavy (non-hydrogen) atoms. The monoisotopic (exact) mass is 406 g/mol. The zero-order valence-electron chi connectivity index (χ0n) is 14.2. The van der Waals surface area contributed by atoms with Crippen LogP contribution in [0.1, 0.15) is 20.8 Å². The number of halogens is 3. The second-order valence-corrected chi connectivity index (χ2v) is 8.36. The second-order valence-electron chi connectivity index (χ2n) is 6.16. The van der Waals surface area contributed by atoms with Gasteiger partial charge in [0.25, 0.3) is 0 Å². The molecule has 0 saturated heterocycles. The lowest BCUT2D eigenvalue weighted by molar-refractivity contribution is -0.274. The number of aromatic nitrogens is 2. The van der Waals surface area contributed by atoms with Crippen molar-refractivity contribution in [2.24, 2.45) is 0 Å². The number of thioether (sulfide) groups is 1. The van der Waals surface area contributed by atoms with E-state index < -0.39 is 6.36 Å². The third kappa shape index (κ3) is 7.48. The molecule has 2 rings (SSSR count). The van der Waals surface area contributed by atoms with Gasteiger partial charge in [0.2, 0.25) is 11.0 Å². The first-order valence-electron chi connectivity index (χ1n) is 7.40. The maximum atomic E-state index is 12.1. The molecule has 2 aromatic rings. The highest BCUT2D eigenvalue weighted by Gasteiger charge is 2.30. The van der Waals surface area contributed by atoms with E-state index in [9.17, 15) is 18.0 Å². The van der Waals surface area contributed by atoms with E-state index >= 15 is 0 Å². The van der Waals surface area contributed by atoms with Crippen molar-refractivity contribution in [3.63, 3.8) is 0 Å². The lowest BCUT2D eigenvalue weighted by Crippen LogP contribution is -2.41. The molecule has 0 bridgehead atoms. The number of carbonyl (C=O) groups is 1. The van der Waals surface area contributed by atoms with E-state index in [2.05, 4.69) is 25.6 Å². The van der Waals surface area contributed by atoms with Gasteiger partial charge in [-0.05, 0) is 45.0 Å². The zero-order chi connectivity index (χ0) is 19.4. The predicted octanol–water partition coefficient (Wildman–Crippen LogP) is 4.19. The molecule has 1 aromatic heterocycles. The number of alkyl halides is 3. The highest BCUT2D eigenvalue weighted by Crippen LogP contribution is 2.29. The van der Waals surface area contributed by atoms with Crippen LogP contribution in [0.4, 0.5) is 24.0 Å². The largest absolute Gasteiger partial charge is 0.573 e. The van der Waals surface area contributed by atoms with Gasteiger partial charge in [0, 0.05) is 11.2 Å². The van der Waals surface area contributed by atoms with Gasteiger partial charge in [-0.1, -0.05) is 23.1 Å². The molecule has 0 aliphatic rings. The smallest absolute Gasteiger partial charge is 0.406 e. The average molecular weight is 406 g/mol. The van der Waals surface area contributed by atoms with Gasteiger partial charge in [0.15, 0.2) is 4.34 Å². The van der Waals surface area contributed by atoms with Crippen molar-refractivity contribution in [1.29, 1.82) is 0 Å².